The number of halogens is 1. The fourth-order valence-corrected chi connectivity index (χ4v) is 6.38. The van der Waals surface area contributed by atoms with Crippen molar-refractivity contribution in [3.63, 3.8) is 0 Å². The summed E-state index contributed by atoms with van der Waals surface area (Å²) in [5.41, 5.74) is 1.40. The number of anilines is 1. The zero-order valence-electron chi connectivity index (χ0n) is 24.5. The predicted octanol–water partition coefficient (Wildman–Crippen LogP) is 5.61. The average Bonchev–Trinajstić information content (AvgIpc) is 2.95. The fourth-order valence-electron chi connectivity index (χ4n) is 5.63. The van der Waals surface area contributed by atoms with Gasteiger partial charge in [-0.2, -0.15) is 0 Å². The van der Waals surface area contributed by atoms with Crippen LogP contribution in [0.1, 0.15) is 57.7 Å². The van der Waals surface area contributed by atoms with E-state index in [9.17, 15) is 9.59 Å². The highest BCUT2D eigenvalue weighted by atomic mass is 32.2. The van der Waals surface area contributed by atoms with Gasteiger partial charge in [0.05, 0.1) is 35.2 Å². The minimum Gasteiger partial charge on any atom is -0.497 e. The molecule has 1 aliphatic carbocycles. The number of rotatable bonds is 8. The molecular formula is C31H38FN5O4S. The maximum Gasteiger partial charge on any atom is 0.407 e. The van der Waals surface area contributed by atoms with Crippen molar-refractivity contribution < 1.29 is 23.5 Å². The molecule has 11 heteroatoms. The summed E-state index contributed by atoms with van der Waals surface area (Å²) in [6.45, 7) is 6.07. The maximum absolute atomic E-state index is 15.3. The summed E-state index contributed by atoms with van der Waals surface area (Å²) in [6.07, 6.45) is 4.57. The quantitative estimate of drug-likeness (QED) is 0.308. The molecule has 1 unspecified atom stereocenters. The van der Waals surface area contributed by atoms with Crippen LogP contribution >= 0.6 is 11.8 Å². The summed E-state index contributed by atoms with van der Waals surface area (Å²) in [7, 11) is 1.57. The van der Waals surface area contributed by atoms with Gasteiger partial charge in [-0.05, 0) is 89.1 Å². The van der Waals surface area contributed by atoms with Gasteiger partial charge in [0.1, 0.15) is 23.0 Å². The minimum absolute atomic E-state index is 0.0308. The van der Waals surface area contributed by atoms with Gasteiger partial charge in [-0.25, -0.2) is 14.2 Å². The van der Waals surface area contributed by atoms with Crippen molar-refractivity contribution in [2.75, 3.05) is 18.2 Å². The Bertz CT molecular complexity index is 1460. The summed E-state index contributed by atoms with van der Waals surface area (Å²) < 4.78 is 26.2. The molecule has 0 saturated heterocycles. The van der Waals surface area contributed by atoms with E-state index in [2.05, 4.69) is 25.9 Å². The normalized spacial score (nSPS) is 19.5. The van der Waals surface area contributed by atoms with Crippen LogP contribution in [0, 0.1) is 11.7 Å². The van der Waals surface area contributed by atoms with Crippen LogP contribution < -0.4 is 20.7 Å². The Hall–Kier alpha value is -3.44. The highest BCUT2D eigenvalue weighted by Crippen LogP contribution is 2.33. The molecule has 2 aromatic heterocycles. The first-order valence-corrected chi connectivity index (χ1v) is 15.3. The number of benzene rings is 1. The third-order valence-electron chi connectivity index (χ3n) is 7.71. The Morgan fingerprint density at radius 2 is 1.98 bits per heavy atom. The van der Waals surface area contributed by atoms with Crippen LogP contribution in [-0.2, 0) is 22.5 Å². The van der Waals surface area contributed by atoms with E-state index in [1.165, 1.54) is 18.0 Å². The van der Waals surface area contributed by atoms with Gasteiger partial charge < -0.3 is 25.4 Å². The number of ether oxygens (including phenoxy) is 2. The zero-order chi connectivity index (χ0) is 29.9. The Kier molecular flexibility index (Phi) is 9.17. The maximum atomic E-state index is 15.3. The molecule has 1 aliphatic heterocycles. The molecule has 5 rings (SSSR count). The summed E-state index contributed by atoms with van der Waals surface area (Å²) in [5.74, 6) is 1.36. The molecule has 0 spiro atoms. The van der Waals surface area contributed by atoms with E-state index in [1.54, 1.807) is 19.2 Å². The third-order valence-corrected chi connectivity index (χ3v) is 8.75. The van der Waals surface area contributed by atoms with Gasteiger partial charge in [-0.1, -0.05) is 0 Å². The van der Waals surface area contributed by atoms with Crippen LogP contribution in [0.25, 0.3) is 10.9 Å². The first-order chi connectivity index (χ1) is 20.1. The molecule has 0 radical (unpaired) electrons. The van der Waals surface area contributed by atoms with Crippen molar-refractivity contribution in [3.8, 4) is 5.75 Å². The first kappa shape index (κ1) is 30.0. The van der Waals surface area contributed by atoms with Crippen LogP contribution in [0.2, 0.25) is 0 Å². The molecule has 1 aromatic carbocycles. The highest BCUT2D eigenvalue weighted by molar-refractivity contribution is 8.00. The van der Waals surface area contributed by atoms with Crippen LogP contribution in [0.4, 0.5) is 15.0 Å². The number of aromatic nitrogens is 2. The molecule has 3 N–H and O–H groups in total. The standard InChI is InChI=1S/C31H38FN5O4S/c1-31(2,3)41-30(39)36-26(14-22-23-13-21(40-4)10-11-25(23)34-16-24(22)32)18-5-7-19(8-6-18)33-15-20-9-12-27-29(35-20)37-28(38)17-42-27/h9-13,16,18-19,26,33H,5-8,14-15,17H2,1-4H3,(H,36,39)(H,35,37,38)/t18-,19-,26?. The van der Waals surface area contributed by atoms with Crippen LogP contribution in [-0.4, -0.2) is 52.5 Å². The lowest BCUT2D eigenvalue weighted by Gasteiger charge is -2.35. The number of carbonyl (C=O) groups is 2. The minimum atomic E-state index is -0.648. The summed E-state index contributed by atoms with van der Waals surface area (Å²) in [6, 6.07) is 9.37. The SMILES string of the molecule is COc1ccc2ncc(F)c(CC(NC(=O)OC(C)(C)C)[C@H]3CC[C@H](NCc4ccc5c(n4)NC(=O)CS5)CC3)c2c1. The number of carbonyl (C=O) groups excluding carboxylic acids is 2. The van der Waals surface area contributed by atoms with Crippen molar-refractivity contribution in [2.24, 2.45) is 5.92 Å². The van der Waals surface area contributed by atoms with E-state index < -0.39 is 17.5 Å². The number of hydrogen-bond donors (Lipinski definition) is 3. The number of methoxy groups -OCH3 is 1. The topological polar surface area (TPSA) is 114 Å². The number of amides is 2. The van der Waals surface area contributed by atoms with Gasteiger partial charge in [0, 0.05) is 29.6 Å². The van der Waals surface area contributed by atoms with Gasteiger partial charge in [0.2, 0.25) is 5.91 Å². The lowest BCUT2D eigenvalue weighted by Crippen LogP contribution is -2.46. The number of fused-ring (bicyclic) bond motifs is 2. The Morgan fingerprint density at radius 1 is 1.19 bits per heavy atom. The third kappa shape index (κ3) is 7.49. The average molecular weight is 596 g/mol. The second kappa shape index (κ2) is 12.8. The first-order valence-electron chi connectivity index (χ1n) is 14.3. The van der Waals surface area contributed by atoms with Gasteiger partial charge in [-0.3, -0.25) is 9.78 Å². The Morgan fingerprint density at radius 3 is 2.71 bits per heavy atom. The van der Waals surface area contributed by atoms with Gasteiger partial charge in [0.25, 0.3) is 0 Å². The molecule has 224 valence electrons. The van der Waals surface area contributed by atoms with Crippen LogP contribution in [0.5, 0.6) is 5.75 Å². The molecule has 1 fully saturated rings. The number of alkyl carbamates (subject to hydrolysis) is 1. The number of hydrogen-bond acceptors (Lipinski definition) is 8. The van der Waals surface area contributed by atoms with Crippen LogP contribution in [0.15, 0.2) is 41.4 Å². The zero-order valence-corrected chi connectivity index (χ0v) is 25.3. The number of nitrogens with one attached hydrogen (secondary N) is 3. The smallest absolute Gasteiger partial charge is 0.407 e. The Balaban J connectivity index is 1.27. The second-order valence-electron chi connectivity index (χ2n) is 11.9. The van der Waals surface area contributed by atoms with E-state index in [0.29, 0.717) is 46.8 Å². The largest absolute Gasteiger partial charge is 0.497 e. The molecule has 2 aliphatic rings. The van der Waals surface area contributed by atoms with E-state index in [0.717, 1.165) is 36.3 Å². The summed E-state index contributed by atoms with van der Waals surface area (Å²) >= 11 is 1.50. The lowest BCUT2D eigenvalue weighted by molar-refractivity contribution is -0.113. The second-order valence-corrected chi connectivity index (χ2v) is 12.9. The fraction of sp³-hybridized carbons (Fsp3) is 0.484. The highest BCUT2D eigenvalue weighted by Gasteiger charge is 2.31. The van der Waals surface area contributed by atoms with Crippen molar-refractivity contribution in [1.82, 2.24) is 20.6 Å². The monoisotopic (exact) mass is 595 g/mol. The van der Waals surface area contributed by atoms with E-state index in [1.807, 2.05) is 39.0 Å². The van der Waals surface area contributed by atoms with E-state index >= 15 is 4.39 Å². The van der Waals surface area contributed by atoms with Gasteiger partial charge in [-0.15, -0.1) is 11.8 Å². The number of pyridine rings is 2. The number of thioether (sulfide) groups is 1. The summed E-state index contributed by atoms with van der Waals surface area (Å²) in [5, 5.41) is 10.2. The molecular weight excluding hydrogens is 557 g/mol. The van der Waals surface area contributed by atoms with Crippen molar-refractivity contribution in [2.45, 2.75) is 82.0 Å². The molecule has 3 heterocycles. The summed E-state index contributed by atoms with van der Waals surface area (Å²) in [4.78, 5) is 34.5. The molecule has 1 saturated carbocycles. The molecule has 9 nitrogen and oxygen atoms in total. The van der Waals surface area contributed by atoms with Gasteiger partial charge in [0.15, 0.2) is 0 Å². The van der Waals surface area contributed by atoms with Crippen molar-refractivity contribution >= 4 is 40.5 Å². The number of nitrogens with zero attached hydrogens (tertiary/aromatic N) is 2. The van der Waals surface area contributed by atoms with Crippen LogP contribution in [0.3, 0.4) is 0 Å². The van der Waals surface area contributed by atoms with Gasteiger partial charge >= 0.3 is 6.09 Å². The van der Waals surface area contributed by atoms with Crippen molar-refractivity contribution in [1.29, 1.82) is 0 Å². The Labute approximate surface area is 249 Å². The van der Waals surface area contributed by atoms with Crippen molar-refractivity contribution in [3.05, 3.63) is 53.6 Å². The van der Waals surface area contributed by atoms with E-state index in [-0.39, 0.29) is 23.9 Å². The molecule has 3 aromatic rings. The molecule has 42 heavy (non-hydrogen) atoms. The molecule has 1 atom stereocenters. The van der Waals surface area contributed by atoms with E-state index in [4.69, 9.17) is 9.47 Å². The lowest BCUT2D eigenvalue weighted by atomic mass is 9.79. The molecule has 0 bridgehead atoms. The predicted molar refractivity (Wildman–Crippen MR) is 161 cm³/mol. The molecule has 2 amide bonds.